The first-order valence-electron chi connectivity index (χ1n) is 5.39. The largest absolute Gasteiger partial charge is 0.463 e. The minimum Gasteiger partial charge on any atom is -0.463 e. The molecular weight excluding hydrogens is 178 g/mol. The zero-order valence-corrected chi connectivity index (χ0v) is 9.08. The fraction of sp³-hybridized carbons (Fsp3) is 0.727. The fourth-order valence-corrected chi connectivity index (χ4v) is 1.60. The summed E-state index contributed by atoms with van der Waals surface area (Å²) in [5, 5.41) is 0. The van der Waals surface area contributed by atoms with Crippen LogP contribution in [0, 0.1) is 0 Å². The second kappa shape index (κ2) is 5.68. The second-order valence-electron chi connectivity index (χ2n) is 3.47. The molecule has 1 saturated heterocycles. The van der Waals surface area contributed by atoms with E-state index in [0.717, 1.165) is 25.1 Å². The van der Waals surface area contributed by atoms with Crippen molar-refractivity contribution in [1.82, 2.24) is 4.90 Å². The van der Waals surface area contributed by atoms with Gasteiger partial charge in [0.15, 0.2) is 0 Å². The molecule has 3 nitrogen and oxygen atoms in total. The Balaban J connectivity index is 2.54. The Bertz CT molecular complexity index is 217. The third kappa shape index (κ3) is 3.05. The van der Waals surface area contributed by atoms with E-state index in [1.165, 1.54) is 12.8 Å². The maximum Gasteiger partial charge on any atom is 0.335 e. The lowest BCUT2D eigenvalue weighted by Crippen LogP contribution is -2.16. The van der Waals surface area contributed by atoms with Crippen LogP contribution in [0.3, 0.4) is 0 Å². The molecule has 1 heterocycles. The zero-order valence-electron chi connectivity index (χ0n) is 9.08. The molecule has 14 heavy (non-hydrogen) atoms. The SMILES string of the molecule is CCOC(=O)C(=CN1CCCC1)CC. The second-order valence-corrected chi connectivity index (χ2v) is 3.47. The summed E-state index contributed by atoms with van der Waals surface area (Å²) in [6.07, 6.45) is 5.17. The number of ether oxygens (including phenoxy) is 1. The predicted octanol–water partition coefficient (Wildman–Crippen LogP) is 1.94. The summed E-state index contributed by atoms with van der Waals surface area (Å²) in [6, 6.07) is 0. The Kier molecular flexibility index (Phi) is 4.50. The Morgan fingerprint density at radius 1 is 1.36 bits per heavy atom. The molecule has 0 aromatic rings. The average molecular weight is 197 g/mol. The number of carbonyl (C=O) groups is 1. The van der Waals surface area contributed by atoms with Crippen LogP contribution in [-0.4, -0.2) is 30.6 Å². The molecule has 80 valence electrons. The predicted molar refractivity (Wildman–Crippen MR) is 55.8 cm³/mol. The van der Waals surface area contributed by atoms with Gasteiger partial charge in [0.1, 0.15) is 0 Å². The normalized spacial score (nSPS) is 17.3. The number of carbonyl (C=O) groups excluding carboxylic acids is 1. The number of rotatable bonds is 4. The highest BCUT2D eigenvalue weighted by Crippen LogP contribution is 2.12. The first kappa shape index (κ1) is 11.1. The highest BCUT2D eigenvalue weighted by atomic mass is 16.5. The molecular formula is C11H19NO2. The minimum atomic E-state index is -0.165. The molecule has 0 amide bonds. The molecule has 0 radical (unpaired) electrons. The van der Waals surface area contributed by atoms with Gasteiger partial charge < -0.3 is 9.64 Å². The summed E-state index contributed by atoms with van der Waals surface area (Å²) in [7, 11) is 0. The highest BCUT2D eigenvalue weighted by Gasteiger charge is 2.13. The summed E-state index contributed by atoms with van der Waals surface area (Å²) in [5.74, 6) is -0.165. The molecule has 1 fully saturated rings. The van der Waals surface area contributed by atoms with Gasteiger partial charge in [0.2, 0.25) is 0 Å². The van der Waals surface area contributed by atoms with Crippen LogP contribution in [0.2, 0.25) is 0 Å². The average Bonchev–Trinajstić information content (AvgIpc) is 2.66. The van der Waals surface area contributed by atoms with Crippen molar-refractivity contribution in [3.8, 4) is 0 Å². The van der Waals surface area contributed by atoms with E-state index in [9.17, 15) is 4.79 Å². The Morgan fingerprint density at radius 3 is 2.50 bits per heavy atom. The van der Waals surface area contributed by atoms with Crippen LogP contribution in [0.15, 0.2) is 11.8 Å². The number of likely N-dealkylation sites (tertiary alicyclic amines) is 1. The van der Waals surface area contributed by atoms with Gasteiger partial charge in [-0.1, -0.05) is 6.92 Å². The molecule has 3 heteroatoms. The van der Waals surface area contributed by atoms with Crippen LogP contribution in [0.5, 0.6) is 0 Å². The van der Waals surface area contributed by atoms with E-state index in [1.807, 2.05) is 20.0 Å². The van der Waals surface area contributed by atoms with Crippen LogP contribution in [-0.2, 0) is 9.53 Å². The van der Waals surface area contributed by atoms with E-state index < -0.39 is 0 Å². The molecule has 1 aliphatic rings. The molecule has 1 aliphatic heterocycles. The van der Waals surface area contributed by atoms with Gasteiger partial charge in [0, 0.05) is 19.3 Å². The van der Waals surface area contributed by atoms with Crippen molar-refractivity contribution in [1.29, 1.82) is 0 Å². The summed E-state index contributed by atoms with van der Waals surface area (Å²) in [4.78, 5) is 13.6. The van der Waals surface area contributed by atoms with E-state index in [4.69, 9.17) is 4.74 Å². The molecule has 0 N–H and O–H groups in total. The van der Waals surface area contributed by atoms with Gasteiger partial charge in [0.25, 0.3) is 0 Å². The molecule has 0 saturated carbocycles. The van der Waals surface area contributed by atoms with Gasteiger partial charge in [-0.25, -0.2) is 4.79 Å². The summed E-state index contributed by atoms with van der Waals surface area (Å²) in [6.45, 7) is 6.42. The van der Waals surface area contributed by atoms with Gasteiger partial charge in [-0.05, 0) is 26.2 Å². The molecule has 0 bridgehead atoms. The number of hydrogen-bond donors (Lipinski definition) is 0. The maximum absolute atomic E-state index is 11.4. The van der Waals surface area contributed by atoms with Crippen molar-refractivity contribution < 1.29 is 9.53 Å². The van der Waals surface area contributed by atoms with E-state index >= 15 is 0 Å². The van der Waals surface area contributed by atoms with Gasteiger partial charge >= 0.3 is 5.97 Å². The number of hydrogen-bond acceptors (Lipinski definition) is 3. The smallest absolute Gasteiger partial charge is 0.335 e. The summed E-state index contributed by atoms with van der Waals surface area (Å²) < 4.78 is 4.97. The maximum atomic E-state index is 11.4. The highest BCUT2D eigenvalue weighted by molar-refractivity contribution is 5.88. The first-order valence-corrected chi connectivity index (χ1v) is 5.39. The van der Waals surface area contributed by atoms with Gasteiger partial charge in [-0.2, -0.15) is 0 Å². The zero-order chi connectivity index (χ0) is 10.4. The van der Waals surface area contributed by atoms with E-state index in [2.05, 4.69) is 4.90 Å². The number of esters is 1. The van der Waals surface area contributed by atoms with Crippen LogP contribution >= 0.6 is 0 Å². The van der Waals surface area contributed by atoms with Crippen LogP contribution in [0.4, 0.5) is 0 Å². The molecule has 0 aromatic carbocycles. The topological polar surface area (TPSA) is 29.5 Å². The number of nitrogens with zero attached hydrogens (tertiary/aromatic N) is 1. The Hall–Kier alpha value is -0.990. The van der Waals surface area contributed by atoms with Crippen molar-refractivity contribution >= 4 is 5.97 Å². The molecule has 1 rings (SSSR count). The Labute approximate surface area is 85.7 Å². The molecule has 0 unspecified atom stereocenters. The van der Waals surface area contributed by atoms with Crippen molar-refractivity contribution in [3.63, 3.8) is 0 Å². The standard InChI is InChI=1S/C11H19NO2/c1-3-10(11(13)14-4-2)9-12-7-5-6-8-12/h9H,3-8H2,1-2H3. The Morgan fingerprint density at radius 2 is 2.00 bits per heavy atom. The van der Waals surface area contributed by atoms with E-state index in [0.29, 0.717) is 6.61 Å². The van der Waals surface area contributed by atoms with Crippen LogP contribution in [0.1, 0.15) is 33.1 Å². The molecule has 0 aromatic heterocycles. The third-order valence-electron chi connectivity index (χ3n) is 2.40. The van der Waals surface area contributed by atoms with Crippen molar-refractivity contribution in [2.45, 2.75) is 33.1 Å². The summed E-state index contributed by atoms with van der Waals surface area (Å²) in [5.41, 5.74) is 0.786. The minimum absolute atomic E-state index is 0.165. The van der Waals surface area contributed by atoms with Crippen molar-refractivity contribution in [2.75, 3.05) is 19.7 Å². The van der Waals surface area contributed by atoms with Gasteiger partial charge in [-0.3, -0.25) is 0 Å². The fourth-order valence-electron chi connectivity index (χ4n) is 1.60. The monoisotopic (exact) mass is 197 g/mol. The first-order chi connectivity index (χ1) is 6.77. The quantitative estimate of drug-likeness (QED) is 0.509. The van der Waals surface area contributed by atoms with E-state index in [-0.39, 0.29) is 5.97 Å². The van der Waals surface area contributed by atoms with Crippen molar-refractivity contribution in [2.24, 2.45) is 0 Å². The van der Waals surface area contributed by atoms with Crippen molar-refractivity contribution in [3.05, 3.63) is 11.8 Å². The van der Waals surface area contributed by atoms with Gasteiger partial charge in [-0.15, -0.1) is 0 Å². The van der Waals surface area contributed by atoms with Gasteiger partial charge in [0.05, 0.1) is 12.2 Å². The lowest BCUT2D eigenvalue weighted by molar-refractivity contribution is -0.138. The third-order valence-corrected chi connectivity index (χ3v) is 2.40. The lowest BCUT2D eigenvalue weighted by Gasteiger charge is -2.13. The lowest BCUT2D eigenvalue weighted by atomic mass is 10.2. The van der Waals surface area contributed by atoms with Crippen LogP contribution < -0.4 is 0 Å². The molecule has 0 spiro atoms. The van der Waals surface area contributed by atoms with E-state index in [1.54, 1.807) is 0 Å². The van der Waals surface area contributed by atoms with Crippen LogP contribution in [0.25, 0.3) is 0 Å². The summed E-state index contributed by atoms with van der Waals surface area (Å²) >= 11 is 0. The molecule has 0 atom stereocenters. The molecule has 0 aliphatic carbocycles.